The number of quaternary nitrogens is 1. The number of aliphatic hydroxyl groups is 1. The first-order chi connectivity index (χ1) is 4.94. The minimum absolute atomic E-state index is 0.104. The van der Waals surface area contributed by atoms with E-state index in [4.69, 9.17) is 16.6 Å². The highest BCUT2D eigenvalue weighted by Crippen LogP contribution is 2.11. The number of likely N-dealkylation sites (N-methyl/N-ethyl adjacent to an activating group) is 1. The van der Waals surface area contributed by atoms with Crippen molar-refractivity contribution < 1.29 is 9.59 Å². The highest BCUT2D eigenvalue weighted by Gasteiger charge is 2.32. The highest BCUT2D eigenvalue weighted by molar-refractivity contribution is 5.72. The Morgan fingerprint density at radius 2 is 2.18 bits per heavy atom. The van der Waals surface area contributed by atoms with Crippen molar-refractivity contribution in [3.8, 4) is 0 Å². The fourth-order valence-corrected chi connectivity index (χ4v) is 0.775. The van der Waals surface area contributed by atoms with Gasteiger partial charge in [0.25, 0.3) is 0 Å². The normalized spacial score (nSPS) is 29.2. The van der Waals surface area contributed by atoms with Crippen molar-refractivity contribution in [2.45, 2.75) is 6.17 Å². The molecule has 1 heterocycles. The quantitative estimate of drug-likeness (QED) is 0.397. The van der Waals surface area contributed by atoms with E-state index in [1.807, 2.05) is 14.1 Å². The fourth-order valence-electron chi connectivity index (χ4n) is 0.775. The van der Waals surface area contributed by atoms with E-state index in [0.717, 1.165) is 0 Å². The van der Waals surface area contributed by atoms with Gasteiger partial charge in [-0.25, -0.2) is 4.48 Å². The lowest BCUT2D eigenvalue weighted by atomic mass is 10.3. The first-order valence-corrected chi connectivity index (χ1v) is 3.29. The number of aliphatic hydroxyl groups excluding tert-OH is 1. The van der Waals surface area contributed by atoms with Gasteiger partial charge in [0.15, 0.2) is 6.17 Å². The van der Waals surface area contributed by atoms with Gasteiger partial charge in [0.2, 0.25) is 5.88 Å². The largest absolute Gasteiger partial charge is 0.493 e. The second-order valence-electron chi connectivity index (χ2n) is 3.03. The zero-order chi connectivity index (χ0) is 8.65. The van der Waals surface area contributed by atoms with Crippen LogP contribution in [0, 0.1) is 0 Å². The highest BCUT2D eigenvalue weighted by atomic mass is 16.3. The third-order valence-electron chi connectivity index (χ3n) is 1.88. The lowest BCUT2D eigenvalue weighted by Gasteiger charge is -2.33. The molecule has 1 aliphatic heterocycles. The first-order valence-electron chi connectivity index (χ1n) is 3.29. The van der Waals surface area contributed by atoms with Crippen LogP contribution in [0.4, 0.5) is 0 Å². The third-order valence-corrected chi connectivity index (χ3v) is 1.88. The Hall–Kier alpha value is -1.07. The molecule has 1 rings (SSSR count). The summed E-state index contributed by atoms with van der Waals surface area (Å²) in [6.07, 6.45) is 1.14. The van der Waals surface area contributed by atoms with Crippen molar-refractivity contribution in [3.63, 3.8) is 0 Å². The van der Waals surface area contributed by atoms with Crippen LogP contribution < -0.4 is 11.5 Å². The molecular weight excluding hydrogens is 144 g/mol. The molecule has 0 aromatic rings. The van der Waals surface area contributed by atoms with Crippen LogP contribution in [-0.4, -0.2) is 35.8 Å². The smallest absolute Gasteiger partial charge is 0.304 e. The number of nitrogens with two attached hydrogens (primary N) is 2. The summed E-state index contributed by atoms with van der Waals surface area (Å²) in [6, 6.07) is 0. The van der Waals surface area contributed by atoms with E-state index in [-0.39, 0.29) is 16.5 Å². The molecule has 0 aromatic carbocycles. The first kappa shape index (κ1) is 8.03. The van der Waals surface area contributed by atoms with Gasteiger partial charge in [-0.1, -0.05) is 0 Å². The molecule has 1 aliphatic rings. The van der Waals surface area contributed by atoms with Crippen LogP contribution in [0.2, 0.25) is 0 Å². The van der Waals surface area contributed by atoms with Crippen LogP contribution in [0.5, 0.6) is 0 Å². The Morgan fingerprint density at radius 3 is 2.64 bits per heavy atom. The Balaban J connectivity index is 3.01. The number of aliphatic imine (C=N–C) groups is 1. The summed E-state index contributed by atoms with van der Waals surface area (Å²) in [4.78, 5) is 3.69. The maximum absolute atomic E-state index is 8.99. The van der Waals surface area contributed by atoms with Gasteiger partial charge < -0.3 is 10.8 Å². The zero-order valence-electron chi connectivity index (χ0n) is 6.65. The van der Waals surface area contributed by atoms with Gasteiger partial charge >= 0.3 is 5.96 Å². The lowest BCUT2D eigenvalue weighted by Crippen LogP contribution is -2.61. The van der Waals surface area contributed by atoms with E-state index >= 15 is 0 Å². The van der Waals surface area contributed by atoms with Crippen LogP contribution in [0.1, 0.15) is 0 Å². The molecule has 0 saturated heterocycles. The molecule has 0 saturated carbocycles. The molecule has 5 heteroatoms. The molecule has 1 atom stereocenters. The van der Waals surface area contributed by atoms with Gasteiger partial charge in [0.05, 0.1) is 20.2 Å². The minimum Gasteiger partial charge on any atom is -0.493 e. The maximum atomic E-state index is 8.99. The molecule has 0 aromatic heterocycles. The second-order valence-corrected chi connectivity index (χ2v) is 3.03. The Bertz CT molecular complexity index is 231. The summed E-state index contributed by atoms with van der Waals surface area (Å²) >= 11 is 0. The van der Waals surface area contributed by atoms with Crippen LogP contribution >= 0.6 is 0 Å². The number of hydrogen-bond acceptors (Lipinski definition) is 4. The van der Waals surface area contributed by atoms with Crippen molar-refractivity contribution in [3.05, 3.63) is 12.0 Å². The standard InChI is InChI=1S/C6H12N4O/c1-10(2)4(7)3-5(11)9-6(10)8/h3-4H,7H2,1-2H3,(H2-,8,9,11)/p+1. The van der Waals surface area contributed by atoms with E-state index in [1.165, 1.54) is 6.08 Å². The van der Waals surface area contributed by atoms with Crippen molar-refractivity contribution in [2.75, 3.05) is 14.1 Å². The third kappa shape index (κ3) is 1.20. The lowest BCUT2D eigenvalue weighted by molar-refractivity contribution is -0.821. The molecule has 1 unspecified atom stereocenters. The van der Waals surface area contributed by atoms with E-state index in [2.05, 4.69) is 4.99 Å². The summed E-state index contributed by atoms with van der Waals surface area (Å²) in [5.74, 6) is 0.213. The molecule has 62 valence electrons. The van der Waals surface area contributed by atoms with Gasteiger partial charge in [-0.2, -0.15) is 0 Å². The number of hydrogen-bond donors (Lipinski definition) is 3. The van der Waals surface area contributed by atoms with Gasteiger partial charge in [0.1, 0.15) is 0 Å². The monoisotopic (exact) mass is 157 g/mol. The topological polar surface area (TPSA) is 84.6 Å². The molecule has 0 radical (unpaired) electrons. The Morgan fingerprint density at radius 1 is 1.64 bits per heavy atom. The van der Waals surface area contributed by atoms with Gasteiger partial charge in [-0.15, -0.1) is 4.99 Å². The fraction of sp³-hybridized carbons (Fsp3) is 0.500. The molecule has 5 nitrogen and oxygen atoms in total. The zero-order valence-corrected chi connectivity index (χ0v) is 6.65. The Labute approximate surface area is 65.2 Å². The average molecular weight is 157 g/mol. The molecule has 0 fully saturated rings. The minimum atomic E-state index is -0.326. The second kappa shape index (κ2) is 2.21. The number of guanidine groups is 1. The molecule has 11 heavy (non-hydrogen) atoms. The predicted molar refractivity (Wildman–Crippen MR) is 42.4 cm³/mol. The predicted octanol–water partition coefficient (Wildman–Crippen LogP) is -0.925. The molecule has 5 N–H and O–H groups in total. The van der Waals surface area contributed by atoms with Crippen molar-refractivity contribution in [2.24, 2.45) is 16.5 Å². The Kier molecular flexibility index (Phi) is 1.62. The van der Waals surface area contributed by atoms with Gasteiger partial charge in [-0.05, 0) is 0 Å². The summed E-state index contributed by atoms with van der Waals surface area (Å²) in [5, 5.41) is 8.99. The number of rotatable bonds is 0. The molecule has 0 aliphatic carbocycles. The van der Waals surface area contributed by atoms with Crippen molar-refractivity contribution in [1.29, 1.82) is 0 Å². The van der Waals surface area contributed by atoms with Crippen molar-refractivity contribution >= 4 is 5.96 Å². The SMILES string of the molecule is C[N+]1(C)C(N)=NC(O)=CC1N. The summed E-state index contributed by atoms with van der Waals surface area (Å²) < 4.78 is 0.282. The van der Waals surface area contributed by atoms with Crippen molar-refractivity contribution in [1.82, 2.24) is 0 Å². The van der Waals surface area contributed by atoms with E-state index in [9.17, 15) is 0 Å². The van der Waals surface area contributed by atoms with Crippen LogP contribution in [0.25, 0.3) is 0 Å². The van der Waals surface area contributed by atoms with Crippen LogP contribution in [0.15, 0.2) is 17.0 Å². The van der Waals surface area contributed by atoms with Crippen LogP contribution in [-0.2, 0) is 0 Å². The van der Waals surface area contributed by atoms with Crippen LogP contribution in [0.3, 0.4) is 0 Å². The summed E-state index contributed by atoms with van der Waals surface area (Å²) in [6.45, 7) is 0. The number of nitrogens with zero attached hydrogens (tertiary/aromatic N) is 2. The van der Waals surface area contributed by atoms with E-state index in [0.29, 0.717) is 5.96 Å². The molecule has 0 amide bonds. The molecule has 0 bridgehead atoms. The van der Waals surface area contributed by atoms with Gasteiger partial charge in [-0.3, -0.25) is 5.73 Å². The summed E-state index contributed by atoms with van der Waals surface area (Å²) in [5.41, 5.74) is 11.2. The molecule has 0 spiro atoms. The average Bonchev–Trinajstić information content (AvgIpc) is 1.84. The summed E-state index contributed by atoms with van der Waals surface area (Å²) in [7, 11) is 3.65. The molecular formula is C6H13N4O+. The van der Waals surface area contributed by atoms with E-state index < -0.39 is 0 Å². The van der Waals surface area contributed by atoms with E-state index in [1.54, 1.807) is 0 Å². The van der Waals surface area contributed by atoms with Gasteiger partial charge in [0, 0.05) is 0 Å². The maximum Gasteiger partial charge on any atom is 0.304 e.